The van der Waals surface area contributed by atoms with Gasteiger partial charge in [-0.2, -0.15) is 4.31 Å². The van der Waals surface area contributed by atoms with Crippen molar-refractivity contribution in [3.05, 3.63) is 0 Å². The monoisotopic (exact) mass is 360 g/mol. The topological polar surface area (TPSA) is 76.2 Å². The van der Waals surface area contributed by atoms with Crippen LogP contribution in [0.1, 0.15) is 39.5 Å². The van der Waals surface area contributed by atoms with Gasteiger partial charge in [0.05, 0.1) is 17.0 Å². The van der Waals surface area contributed by atoms with E-state index in [0.29, 0.717) is 26.1 Å². The standard InChI is InChI=1S/C16H28N2O5S/c1-13(2)24(20,21)18-11-16(12-18)9-14(5-8-23-16)22-10-15(19)17-6-3-4-7-17/h13-14H,3-12H2,1-2H3. The summed E-state index contributed by atoms with van der Waals surface area (Å²) < 4.78 is 37.5. The number of hydrogen-bond donors (Lipinski definition) is 0. The Balaban J connectivity index is 1.48. The Morgan fingerprint density at radius 1 is 1.29 bits per heavy atom. The quantitative estimate of drug-likeness (QED) is 0.717. The summed E-state index contributed by atoms with van der Waals surface area (Å²) in [6, 6.07) is 0. The maximum Gasteiger partial charge on any atom is 0.248 e. The van der Waals surface area contributed by atoms with E-state index in [0.717, 1.165) is 32.4 Å². The summed E-state index contributed by atoms with van der Waals surface area (Å²) in [5.74, 6) is 0.0608. The molecule has 3 aliphatic rings. The highest BCUT2D eigenvalue weighted by Gasteiger charge is 2.52. The zero-order valence-corrected chi connectivity index (χ0v) is 15.4. The van der Waals surface area contributed by atoms with E-state index in [9.17, 15) is 13.2 Å². The molecular weight excluding hydrogens is 332 g/mol. The Morgan fingerprint density at radius 2 is 1.96 bits per heavy atom. The molecule has 8 heteroatoms. The first-order valence-corrected chi connectivity index (χ1v) is 10.4. The molecule has 1 unspecified atom stereocenters. The normalized spacial score (nSPS) is 27.6. The molecule has 1 amide bonds. The zero-order chi connectivity index (χ0) is 17.4. The number of rotatable bonds is 5. The molecule has 3 aliphatic heterocycles. The number of hydrogen-bond acceptors (Lipinski definition) is 5. The zero-order valence-electron chi connectivity index (χ0n) is 14.6. The van der Waals surface area contributed by atoms with Crippen LogP contribution in [0.15, 0.2) is 0 Å². The number of sulfonamides is 1. The van der Waals surface area contributed by atoms with Gasteiger partial charge < -0.3 is 14.4 Å². The molecule has 0 saturated carbocycles. The summed E-state index contributed by atoms with van der Waals surface area (Å²) >= 11 is 0. The Bertz CT molecular complexity index is 565. The van der Waals surface area contributed by atoms with Crippen molar-refractivity contribution in [3.63, 3.8) is 0 Å². The lowest BCUT2D eigenvalue weighted by molar-refractivity contribution is -0.181. The van der Waals surface area contributed by atoms with Crippen LogP contribution in [0.5, 0.6) is 0 Å². The summed E-state index contributed by atoms with van der Waals surface area (Å²) in [7, 11) is -3.22. The largest absolute Gasteiger partial charge is 0.372 e. The van der Waals surface area contributed by atoms with Gasteiger partial charge in [0, 0.05) is 39.2 Å². The molecule has 0 aromatic heterocycles. The van der Waals surface area contributed by atoms with Crippen LogP contribution in [-0.4, -0.2) is 79.9 Å². The van der Waals surface area contributed by atoms with Gasteiger partial charge in [0.25, 0.3) is 0 Å². The van der Waals surface area contributed by atoms with Crippen LogP contribution in [-0.2, 0) is 24.3 Å². The van der Waals surface area contributed by atoms with E-state index in [4.69, 9.17) is 9.47 Å². The number of carbonyl (C=O) groups excluding carboxylic acids is 1. The van der Waals surface area contributed by atoms with Gasteiger partial charge in [0.15, 0.2) is 0 Å². The van der Waals surface area contributed by atoms with Crippen LogP contribution >= 0.6 is 0 Å². The molecule has 0 aliphatic carbocycles. The molecule has 0 bridgehead atoms. The van der Waals surface area contributed by atoms with E-state index in [1.807, 2.05) is 4.90 Å². The molecule has 7 nitrogen and oxygen atoms in total. The second-order valence-corrected chi connectivity index (χ2v) is 9.90. The lowest BCUT2D eigenvalue weighted by atomic mass is 9.86. The minimum Gasteiger partial charge on any atom is -0.372 e. The van der Waals surface area contributed by atoms with E-state index in [-0.39, 0.29) is 18.6 Å². The third-order valence-corrected chi connectivity index (χ3v) is 7.40. The predicted octanol–water partition coefficient (Wildman–Crippen LogP) is 0.597. The van der Waals surface area contributed by atoms with E-state index in [2.05, 4.69) is 0 Å². The number of nitrogens with zero attached hydrogens (tertiary/aromatic N) is 2. The molecule has 0 N–H and O–H groups in total. The molecule has 3 heterocycles. The van der Waals surface area contributed by atoms with E-state index in [1.165, 1.54) is 4.31 Å². The van der Waals surface area contributed by atoms with Crippen molar-refractivity contribution in [2.24, 2.45) is 0 Å². The maximum absolute atomic E-state index is 12.2. The molecule has 0 aromatic rings. The van der Waals surface area contributed by atoms with Crippen LogP contribution in [0, 0.1) is 0 Å². The molecule has 0 aromatic carbocycles. The fourth-order valence-corrected chi connectivity index (χ4v) is 5.09. The van der Waals surface area contributed by atoms with Crippen LogP contribution in [0.2, 0.25) is 0 Å². The van der Waals surface area contributed by atoms with Crippen molar-refractivity contribution in [1.82, 2.24) is 9.21 Å². The first-order valence-electron chi connectivity index (χ1n) is 8.85. The van der Waals surface area contributed by atoms with Gasteiger partial charge >= 0.3 is 0 Å². The molecule has 0 radical (unpaired) electrons. The lowest BCUT2D eigenvalue weighted by Crippen LogP contribution is -2.68. The van der Waals surface area contributed by atoms with Crippen LogP contribution < -0.4 is 0 Å². The Morgan fingerprint density at radius 3 is 2.58 bits per heavy atom. The van der Waals surface area contributed by atoms with Gasteiger partial charge in [-0.25, -0.2) is 8.42 Å². The van der Waals surface area contributed by atoms with Gasteiger partial charge in [-0.1, -0.05) is 0 Å². The van der Waals surface area contributed by atoms with E-state index < -0.39 is 20.9 Å². The summed E-state index contributed by atoms with van der Waals surface area (Å²) in [4.78, 5) is 13.9. The minimum absolute atomic E-state index is 0.0331. The van der Waals surface area contributed by atoms with Crippen molar-refractivity contribution >= 4 is 15.9 Å². The van der Waals surface area contributed by atoms with Crippen molar-refractivity contribution < 1.29 is 22.7 Å². The third kappa shape index (κ3) is 3.61. The van der Waals surface area contributed by atoms with Crippen molar-refractivity contribution in [3.8, 4) is 0 Å². The summed E-state index contributed by atoms with van der Waals surface area (Å²) in [6.45, 7) is 6.52. The molecule has 3 saturated heterocycles. The average molecular weight is 360 g/mol. The smallest absolute Gasteiger partial charge is 0.248 e. The molecule has 1 atom stereocenters. The van der Waals surface area contributed by atoms with Gasteiger partial charge in [-0.05, 0) is 33.1 Å². The highest BCUT2D eigenvalue weighted by Crippen LogP contribution is 2.37. The number of ether oxygens (including phenoxy) is 2. The van der Waals surface area contributed by atoms with Gasteiger partial charge in [0.1, 0.15) is 6.61 Å². The summed E-state index contributed by atoms with van der Waals surface area (Å²) in [5.41, 5.74) is -0.429. The van der Waals surface area contributed by atoms with Gasteiger partial charge in [-0.15, -0.1) is 0 Å². The summed E-state index contributed by atoms with van der Waals surface area (Å²) in [6.07, 6.45) is 3.53. The Labute approximate surface area is 144 Å². The minimum atomic E-state index is -3.22. The fraction of sp³-hybridized carbons (Fsp3) is 0.938. The van der Waals surface area contributed by atoms with E-state index in [1.54, 1.807) is 13.8 Å². The van der Waals surface area contributed by atoms with Gasteiger partial charge in [-0.3, -0.25) is 4.79 Å². The number of likely N-dealkylation sites (tertiary alicyclic amines) is 1. The first kappa shape index (κ1) is 18.1. The third-order valence-electron chi connectivity index (χ3n) is 5.23. The molecule has 3 fully saturated rings. The van der Waals surface area contributed by atoms with E-state index >= 15 is 0 Å². The van der Waals surface area contributed by atoms with Crippen molar-refractivity contribution in [1.29, 1.82) is 0 Å². The Kier molecular flexibility index (Phi) is 5.20. The van der Waals surface area contributed by atoms with Crippen molar-refractivity contribution in [2.75, 3.05) is 39.4 Å². The van der Waals surface area contributed by atoms with Crippen LogP contribution in [0.4, 0.5) is 0 Å². The fourth-order valence-electron chi connectivity index (χ4n) is 3.67. The molecule has 24 heavy (non-hydrogen) atoms. The first-order chi connectivity index (χ1) is 11.3. The highest BCUT2D eigenvalue weighted by atomic mass is 32.2. The Hall–Kier alpha value is -0.700. The van der Waals surface area contributed by atoms with Crippen LogP contribution in [0.25, 0.3) is 0 Å². The molecule has 138 valence electrons. The second kappa shape index (κ2) is 6.90. The number of carbonyl (C=O) groups is 1. The molecule has 1 spiro atoms. The SMILES string of the molecule is CC(C)S(=O)(=O)N1CC2(CC(OCC(=O)N3CCCC3)CCO2)C1. The summed E-state index contributed by atoms with van der Waals surface area (Å²) in [5, 5.41) is -0.413. The highest BCUT2D eigenvalue weighted by molar-refractivity contribution is 7.89. The van der Waals surface area contributed by atoms with Gasteiger partial charge in [0.2, 0.25) is 15.9 Å². The number of amides is 1. The average Bonchev–Trinajstić information content (AvgIpc) is 3.04. The predicted molar refractivity (Wildman–Crippen MR) is 89.1 cm³/mol. The molecule has 3 rings (SSSR count). The molecular formula is C16H28N2O5S. The van der Waals surface area contributed by atoms with Crippen LogP contribution in [0.3, 0.4) is 0 Å². The maximum atomic E-state index is 12.2. The lowest BCUT2D eigenvalue weighted by Gasteiger charge is -2.52. The second-order valence-electron chi connectivity index (χ2n) is 7.41. The van der Waals surface area contributed by atoms with Crippen molar-refractivity contribution in [2.45, 2.75) is 56.5 Å².